The van der Waals surface area contributed by atoms with E-state index in [1.807, 2.05) is 0 Å². The SMILES string of the molecule is Nc1cc(Nc2cc(N)c3c(c2)C(=O)c2ccccc2C3=O)cc2c1C(=O)c1ccccc1C2=O. The predicted octanol–water partition coefficient (Wildman–Crippen LogP) is 4.15. The molecule has 4 aromatic carbocycles. The molecule has 0 radical (unpaired) electrons. The van der Waals surface area contributed by atoms with Crippen molar-refractivity contribution in [3.8, 4) is 0 Å². The van der Waals surface area contributed by atoms with Gasteiger partial charge in [-0.05, 0) is 24.3 Å². The standard InChI is InChI=1S/C28H17N3O4/c29-21-11-13(9-19-23(21)27(34)17-7-3-1-5-15(17)25(19)32)31-14-10-20-24(22(30)12-14)28(35)18-8-4-2-6-16(18)26(20)33/h1-12,31H,29-30H2. The molecule has 7 heteroatoms. The lowest BCUT2D eigenvalue weighted by molar-refractivity contribution is 0.0979. The zero-order valence-electron chi connectivity index (χ0n) is 18.2. The number of carbonyl (C=O) groups is 4. The molecule has 0 aromatic heterocycles. The van der Waals surface area contributed by atoms with Crippen molar-refractivity contribution in [2.24, 2.45) is 0 Å². The first-order valence-electron chi connectivity index (χ1n) is 10.9. The van der Waals surface area contributed by atoms with E-state index in [0.29, 0.717) is 33.6 Å². The molecule has 0 saturated carbocycles. The summed E-state index contributed by atoms with van der Waals surface area (Å²) in [5, 5.41) is 3.12. The van der Waals surface area contributed by atoms with E-state index in [2.05, 4.69) is 5.32 Å². The second kappa shape index (κ2) is 7.23. The molecule has 2 aliphatic carbocycles. The topological polar surface area (TPSA) is 132 Å². The van der Waals surface area contributed by atoms with Gasteiger partial charge in [0.05, 0.1) is 11.1 Å². The highest BCUT2D eigenvalue weighted by molar-refractivity contribution is 6.31. The average Bonchev–Trinajstić information content (AvgIpc) is 2.85. The maximum Gasteiger partial charge on any atom is 0.196 e. The van der Waals surface area contributed by atoms with Gasteiger partial charge in [-0.1, -0.05) is 48.5 Å². The van der Waals surface area contributed by atoms with Crippen molar-refractivity contribution < 1.29 is 19.2 Å². The van der Waals surface area contributed by atoms with E-state index >= 15 is 0 Å². The number of hydrogen-bond donors (Lipinski definition) is 3. The molecule has 2 aliphatic rings. The Morgan fingerprint density at radius 1 is 0.457 bits per heavy atom. The quantitative estimate of drug-likeness (QED) is 0.331. The summed E-state index contributed by atoms with van der Waals surface area (Å²) in [6.07, 6.45) is 0. The third-order valence-corrected chi connectivity index (χ3v) is 6.40. The first-order chi connectivity index (χ1) is 16.8. The number of hydrogen-bond acceptors (Lipinski definition) is 7. The van der Waals surface area contributed by atoms with E-state index in [-0.39, 0.29) is 56.8 Å². The number of fused-ring (bicyclic) bond motifs is 4. The molecule has 0 unspecified atom stereocenters. The number of nitrogen functional groups attached to an aromatic ring is 2. The van der Waals surface area contributed by atoms with Crippen LogP contribution < -0.4 is 16.8 Å². The molecule has 0 saturated heterocycles. The molecule has 168 valence electrons. The van der Waals surface area contributed by atoms with Crippen LogP contribution in [0.15, 0.2) is 72.8 Å². The van der Waals surface area contributed by atoms with Crippen LogP contribution in [-0.4, -0.2) is 23.1 Å². The zero-order valence-corrected chi connectivity index (χ0v) is 18.2. The average molecular weight is 459 g/mol. The van der Waals surface area contributed by atoms with Crippen LogP contribution >= 0.6 is 0 Å². The van der Waals surface area contributed by atoms with E-state index in [0.717, 1.165) is 0 Å². The Kier molecular flexibility index (Phi) is 4.25. The van der Waals surface area contributed by atoms with Gasteiger partial charge in [0.2, 0.25) is 0 Å². The van der Waals surface area contributed by atoms with Crippen molar-refractivity contribution in [1.29, 1.82) is 0 Å². The Morgan fingerprint density at radius 2 is 0.800 bits per heavy atom. The van der Waals surface area contributed by atoms with Crippen LogP contribution in [-0.2, 0) is 0 Å². The number of benzene rings is 4. The molecule has 0 amide bonds. The van der Waals surface area contributed by atoms with Gasteiger partial charge in [-0.3, -0.25) is 19.2 Å². The molecule has 5 N–H and O–H groups in total. The fourth-order valence-electron chi connectivity index (χ4n) is 4.82. The van der Waals surface area contributed by atoms with Crippen LogP contribution in [0.1, 0.15) is 63.7 Å². The van der Waals surface area contributed by atoms with Gasteiger partial charge < -0.3 is 16.8 Å². The van der Waals surface area contributed by atoms with Crippen molar-refractivity contribution in [3.05, 3.63) is 117 Å². The van der Waals surface area contributed by atoms with Gasteiger partial charge in [-0.2, -0.15) is 0 Å². The van der Waals surface area contributed by atoms with Crippen LogP contribution in [0.3, 0.4) is 0 Å². The molecular formula is C28H17N3O4. The summed E-state index contributed by atoms with van der Waals surface area (Å²) in [6, 6.07) is 19.5. The van der Waals surface area contributed by atoms with Crippen LogP contribution in [0.2, 0.25) is 0 Å². The largest absolute Gasteiger partial charge is 0.398 e. The van der Waals surface area contributed by atoms with Crippen molar-refractivity contribution >= 4 is 45.9 Å². The number of ketones is 4. The molecule has 0 bridgehead atoms. The Hall–Kier alpha value is -5.04. The number of nitrogens with two attached hydrogens (primary N) is 2. The Bertz CT molecular complexity index is 1550. The molecule has 6 rings (SSSR count). The van der Waals surface area contributed by atoms with Gasteiger partial charge in [0, 0.05) is 56.1 Å². The Morgan fingerprint density at radius 3 is 1.17 bits per heavy atom. The monoisotopic (exact) mass is 459 g/mol. The minimum atomic E-state index is -0.306. The normalized spacial score (nSPS) is 13.6. The minimum Gasteiger partial charge on any atom is -0.398 e. The summed E-state index contributed by atoms with van der Waals surface area (Å²) in [5.41, 5.74) is 15.6. The molecule has 4 aromatic rings. The van der Waals surface area contributed by atoms with E-state index in [1.165, 1.54) is 0 Å². The molecule has 0 atom stereocenters. The lowest BCUT2D eigenvalue weighted by Gasteiger charge is -2.22. The molecule has 7 nitrogen and oxygen atoms in total. The van der Waals surface area contributed by atoms with Crippen LogP contribution in [0.5, 0.6) is 0 Å². The maximum absolute atomic E-state index is 13.1. The van der Waals surface area contributed by atoms with Gasteiger partial charge in [-0.25, -0.2) is 0 Å². The van der Waals surface area contributed by atoms with E-state index in [4.69, 9.17) is 11.5 Å². The third kappa shape index (κ3) is 2.92. The fourth-order valence-corrected chi connectivity index (χ4v) is 4.82. The molecule has 0 aliphatic heterocycles. The van der Waals surface area contributed by atoms with Crippen molar-refractivity contribution in [2.45, 2.75) is 0 Å². The highest BCUT2D eigenvalue weighted by Crippen LogP contribution is 2.37. The summed E-state index contributed by atoms with van der Waals surface area (Å²) in [4.78, 5) is 52.2. The van der Waals surface area contributed by atoms with Crippen molar-refractivity contribution in [1.82, 2.24) is 0 Å². The van der Waals surface area contributed by atoms with Crippen molar-refractivity contribution in [3.63, 3.8) is 0 Å². The van der Waals surface area contributed by atoms with E-state index < -0.39 is 0 Å². The molecule has 0 fully saturated rings. The summed E-state index contributed by atoms with van der Waals surface area (Å²) in [7, 11) is 0. The Labute approximate surface area is 199 Å². The molecular weight excluding hydrogens is 442 g/mol. The smallest absolute Gasteiger partial charge is 0.196 e. The van der Waals surface area contributed by atoms with Gasteiger partial charge in [0.15, 0.2) is 23.1 Å². The maximum atomic E-state index is 13.1. The van der Waals surface area contributed by atoms with Gasteiger partial charge in [0.25, 0.3) is 0 Å². The Balaban J connectivity index is 1.42. The summed E-state index contributed by atoms with van der Waals surface area (Å²) >= 11 is 0. The highest BCUT2D eigenvalue weighted by Gasteiger charge is 2.33. The lowest BCUT2D eigenvalue weighted by atomic mass is 9.82. The summed E-state index contributed by atoms with van der Waals surface area (Å²) in [6.45, 7) is 0. The van der Waals surface area contributed by atoms with Crippen LogP contribution in [0.4, 0.5) is 22.7 Å². The van der Waals surface area contributed by atoms with Gasteiger partial charge in [0.1, 0.15) is 0 Å². The molecule has 0 spiro atoms. The molecule has 0 heterocycles. The summed E-state index contributed by atoms with van der Waals surface area (Å²) < 4.78 is 0. The van der Waals surface area contributed by atoms with Gasteiger partial charge >= 0.3 is 0 Å². The van der Waals surface area contributed by atoms with Crippen molar-refractivity contribution in [2.75, 3.05) is 16.8 Å². The first kappa shape index (κ1) is 20.6. The fraction of sp³-hybridized carbons (Fsp3) is 0. The van der Waals surface area contributed by atoms with Gasteiger partial charge in [-0.15, -0.1) is 0 Å². The van der Waals surface area contributed by atoms with E-state index in [1.54, 1.807) is 72.8 Å². The first-order valence-corrected chi connectivity index (χ1v) is 10.9. The highest BCUT2D eigenvalue weighted by atomic mass is 16.1. The predicted molar refractivity (Wildman–Crippen MR) is 132 cm³/mol. The number of anilines is 4. The third-order valence-electron chi connectivity index (χ3n) is 6.40. The zero-order chi connectivity index (χ0) is 24.4. The lowest BCUT2D eigenvalue weighted by Crippen LogP contribution is -2.23. The molecule has 35 heavy (non-hydrogen) atoms. The second-order valence-corrected chi connectivity index (χ2v) is 8.51. The second-order valence-electron chi connectivity index (χ2n) is 8.51. The minimum absolute atomic E-state index is 0.156. The van der Waals surface area contributed by atoms with E-state index in [9.17, 15) is 19.2 Å². The van der Waals surface area contributed by atoms with Crippen LogP contribution in [0, 0.1) is 0 Å². The van der Waals surface area contributed by atoms with Crippen LogP contribution in [0.25, 0.3) is 0 Å². The number of carbonyl (C=O) groups excluding carboxylic acids is 4. The summed E-state index contributed by atoms with van der Waals surface area (Å²) in [5.74, 6) is -1.21. The number of nitrogens with one attached hydrogen (secondary N) is 1. The number of rotatable bonds is 2.